The summed E-state index contributed by atoms with van der Waals surface area (Å²) in [5.41, 5.74) is -0.0210. The van der Waals surface area contributed by atoms with Gasteiger partial charge in [-0.2, -0.15) is 0 Å². The van der Waals surface area contributed by atoms with Crippen LogP contribution in [0.25, 0.3) is 0 Å². The molecule has 0 radical (unpaired) electrons. The number of nitrogens with one attached hydrogen (secondary N) is 2. The first kappa shape index (κ1) is 19.5. The summed E-state index contributed by atoms with van der Waals surface area (Å²) in [7, 11) is 1.22. The second kappa shape index (κ2) is 8.90. The van der Waals surface area contributed by atoms with E-state index in [-0.39, 0.29) is 18.7 Å². The zero-order valence-corrected chi connectivity index (χ0v) is 14.4. The van der Waals surface area contributed by atoms with Crippen molar-refractivity contribution in [3.63, 3.8) is 0 Å². The van der Waals surface area contributed by atoms with Crippen LogP contribution in [0, 0.1) is 0 Å². The number of hydrogen-bond donors (Lipinski definition) is 2. The Hall–Kier alpha value is -2.57. The normalized spacial score (nSPS) is 12.0. The number of alkyl carbamates (subject to hydrolysis) is 1. The predicted molar refractivity (Wildman–Crippen MR) is 89.5 cm³/mol. The zero-order chi connectivity index (χ0) is 18.2. The van der Waals surface area contributed by atoms with Crippen LogP contribution in [-0.4, -0.2) is 36.7 Å². The van der Waals surface area contributed by atoms with E-state index in [0.29, 0.717) is 5.69 Å². The van der Waals surface area contributed by atoms with Gasteiger partial charge < -0.3 is 20.1 Å². The van der Waals surface area contributed by atoms with Gasteiger partial charge in [0.1, 0.15) is 11.6 Å². The van der Waals surface area contributed by atoms with Gasteiger partial charge in [0.15, 0.2) is 0 Å². The lowest BCUT2D eigenvalue weighted by Crippen LogP contribution is -2.44. The highest BCUT2D eigenvalue weighted by Gasteiger charge is 2.25. The Labute approximate surface area is 141 Å². The van der Waals surface area contributed by atoms with E-state index in [2.05, 4.69) is 15.4 Å². The van der Waals surface area contributed by atoms with Gasteiger partial charge in [0.25, 0.3) is 0 Å². The molecule has 24 heavy (non-hydrogen) atoms. The second-order valence-corrected chi connectivity index (χ2v) is 6.17. The monoisotopic (exact) mass is 336 g/mol. The van der Waals surface area contributed by atoms with E-state index < -0.39 is 23.7 Å². The summed E-state index contributed by atoms with van der Waals surface area (Å²) in [4.78, 5) is 35.5. The number of anilines is 1. The predicted octanol–water partition coefficient (Wildman–Crippen LogP) is 2.47. The smallest absolute Gasteiger partial charge is 0.408 e. The third-order valence-electron chi connectivity index (χ3n) is 2.89. The fourth-order valence-corrected chi connectivity index (χ4v) is 1.86. The molecule has 2 amide bonds. The van der Waals surface area contributed by atoms with E-state index in [4.69, 9.17) is 4.74 Å². The summed E-state index contributed by atoms with van der Waals surface area (Å²) in [5.74, 6) is -0.894. The summed E-state index contributed by atoms with van der Waals surface area (Å²) in [6.45, 7) is 5.15. The zero-order valence-electron chi connectivity index (χ0n) is 14.4. The summed E-state index contributed by atoms with van der Waals surface area (Å²) in [5, 5.41) is 5.14. The molecule has 132 valence electrons. The van der Waals surface area contributed by atoms with Gasteiger partial charge in [-0.1, -0.05) is 18.2 Å². The Balaban J connectivity index is 2.55. The third-order valence-corrected chi connectivity index (χ3v) is 2.89. The Kier molecular flexibility index (Phi) is 7.23. The lowest BCUT2D eigenvalue weighted by Gasteiger charge is -2.22. The molecule has 0 aliphatic rings. The van der Waals surface area contributed by atoms with Crippen LogP contribution in [0.3, 0.4) is 0 Å². The van der Waals surface area contributed by atoms with Crippen molar-refractivity contribution in [1.82, 2.24) is 5.32 Å². The topological polar surface area (TPSA) is 93.7 Å². The minimum absolute atomic E-state index is 0.0461. The van der Waals surface area contributed by atoms with Gasteiger partial charge in [-0.05, 0) is 39.3 Å². The molecule has 1 atom stereocenters. The first-order chi connectivity index (χ1) is 11.2. The number of carbonyl (C=O) groups is 3. The molecule has 0 aliphatic carbocycles. The molecular weight excluding hydrogens is 312 g/mol. The van der Waals surface area contributed by atoms with Crippen LogP contribution >= 0.6 is 0 Å². The number of methoxy groups -OCH3 is 1. The molecule has 1 aromatic carbocycles. The highest BCUT2D eigenvalue weighted by molar-refractivity contribution is 5.91. The van der Waals surface area contributed by atoms with E-state index >= 15 is 0 Å². The summed E-state index contributed by atoms with van der Waals surface area (Å²) < 4.78 is 9.76. The molecule has 0 fully saturated rings. The molecular formula is C17H24N2O5. The maximum atomic E-state index is 11.9. The summed E-state index contributed by atoms with van der Waals surface area (Å²) in [6.07, 6.45) is -0.587. The molecule has 0 unspecified atom stereocenters. The molecule has 0 aromatic heterocycles. The van der Waals surface area contributed by atoms with Crippen molar-refractivity contribution in [3.8, 4) is 0 Å². The molecule has 0 saturated carbocycles. The molecule has 7 nitrogen and oxygen atoms in total. The van der Waals surface area contributed by atoms with Crippen molar-refractivity contribution in [2.24, 2.45) is 0 Å². The van der Waals surface area contributed by atoms with Crippen LogP contribution in [0.1, 0.15) is 33.6 Å². The molecule has 0 bridgehead atoms. The van der Waals surface area contributed by atoms with Gasteiger partial charge in [0.2, 0.25) is 5.91 Å². The molecule has 1 rings (SSSR count). The minimum atomic E-state index is -0.952. The summed E-state index contributed by atoms with van der Waals surface area (Å²) in [6, 6.07) is 8.01. The number of esters is 1. The third kappa shape index (κ3) is 7.62. The number of rotatable bonds is 6. The lowest BCUT2D eigenvalue weighted by molar-refractivity contribution is -0.143. The number of carbonyl (C=O) groups excluding carboxylic acids is 3. The molecule has 7 heteroatoms. The number of ether oxygens (including phenoxy) is 2. The Morgan fingerprint density at radius 2 is 1.75 bits per heavy atom. The van der Waals surface area contributed by atoms with Gasteiger partial charge in [-0.25, -0.2) is 9.59 Å². The minimum Gasteiger partial charge on any atom is -0.467 e. The first-order valence-corrected chi connectivity index (χ1v) is 7.63. The first-order valence-electron chi connectivity index (χ1n) is 7.63. The molecule has 0 spiro atoms. The molecule has 2 N–H and O–H groups in total. The highest BCUT2D eigenvalue weighted by atomic mass is 16.6. The average molecular weight is 336 g/mol. The van der Waals surface area contributed by atoms with E-state index in [9.17, 15) is 14.4 Å². The fraction of sp³-hybridized carbons (Fsp3) is 0.471. The van der Waals surface area contributed by atoms with Gasteiger partial charge >= 0.3 is 12.1 Å². The molecule has 0 aliphatic heterocycles. The van der Waals surface area contributed by atoms with E-state index in [1.165, 1.54) is 7.11 Å². The van der Waals surface area contributed by atoms with Crippen LogP contribution in [-0.2, 0) is 19.1 Å². The number of hydrogen-bond acceptors (Lipinski definition) is 5. The van der Waals surface area contributed by atoms with Crippen molar-refractivity contribution in [2.45, 2.75) is 45.3 Å². The van der Waals surface area contributed by atoms with Gasteiger partial charge in [-0.15, -0.1) is 0 Å². The number of para-hydroxylation sites is 1. The molecule has 0 heterocycles. The van der Waals surface area contributed by atoms with Crippen molar-refractivity contribution in [2.75, 3.05) is 12.4 Å². The average Bonchev–Trinajstić information content (AvgIpc) is 2.49. The molecule has 0 saturated heterocycles. The lowest BCUT2D eigenvalue weighted by atomic mass is 10.1. The maximum Gasteiger partial charge on any atom is 0.408 e. The van der Waals surface area contributed by atoms with E-state index in [0.717, 1.165) is 0 Å². The molecule has 1 aromatic rings. The number of benzene rings is 1. The van der Waals surface area contributed by atoms with Crippen molar-refractivity contribution in [3.05, 3.63) is 30.3 Å². The number of amides is 2. The Morgan fingerprint density at radius 3 is 2.29 bits per heavy atom. The largest absolute Gasteiger partial charge is 0.467 e. The highest BCUT2D eigenvalue weighted by Crippen LogP contribution is 2.10. The maximum absolute atomic E-state index is 11.9. The van der Waals surface area contributed by atoms with Crippen LogP contribution in [0.4, 0.5) is 10.5 Å². The van der Waals surface area contributed by atoms with Crippen molar-refractivity contribution < 1.29 is 23.9 Å². The summed E-state index contributed by atoms with van der Waals surface area (Å²) >= 11 is 0. The second-order valence-electron chi connectivity index (χ2n) is 6.17. The van der Waals surface area contributed by atoms with Gasteiger partial charge in [-0.3, -0.25) is 4.79 Å². The SMILES string of the molecule is COC(=O)[C@H](CCC(=O)Nc1ccccc1)NC(=O)OC(C)(C)C. The van der Waals surface area contributed by atoms with Crippen LogP contribution in [0.2, 0.25) is 0 Å². The van der Waals surface area contributed by atoms with Crippen molar-refractivity contribution >= 4 is 23.7 Å². The van der Waals surface area contributed by atoms with E-state index in [1.807, 2.05) is 6.07 Å². The van der Waals surface area contributed by atoms with Crippen LogP contribution < -0.4 is 10.6 Å². The van der Waals surface area contributed by atoms with Gasteiger partial charge in [0.05, 0.1) is 7.11 Å². The fourth-order valence-electron chi connectivity index (χ4n) is 1.86. The van der Waals surface area contributed by atoms with Gasteiger partial charge in [0, 0.05) is 12.1 Å². The quantitative estimate of drug-likeness (QED) is 0.778. The van der Waals surface area contributed by atoms with Crippen LogP contribution in [0.15, 0.2) is 30.3 Å². The van der Waals surface area contributed by atoms with Crippen molar-refractivity contribution in [1.29, 1.82) is 0 Å². The Bertz CT molecular complexity index is 566. The van der Waals surface area contributed by atoms with E-state index in [1.54, 1.807) is 45.0 Å². The Morgan fingerprint density at radius 1 is 1.12 bits per heavy atom. The standard InChI is InChI=1S/C17H24N2O5/c1-17(2,3)24-16(22)19-13(15(21)23-4)10-11-14(20)18-12-8-6-5-7-9-12/h5-9,13H,10-11H2,1-4H3,(H,18,20)(H,19,22)/t13-/m0/s1. The van der Waals surface area contributed by atoms with Crippen LogP contribution in [0.5, 0.6) is 0 Å².